The van der Waals surface area contributed by atoms with E-state index in [1.807, 2.05) is 0 Å². The molecule has 0 atom stereocenters. The first-order valence-electron chi connectivity index (χ1n) is 4.18. The summed E-state index contributed by atoms with van der Waals surface area (Å²) >= 11 is 0. The molecule has 0 amide bonds. The number of hydrogen-bond acceptors (Lipinski definition) is 6. The first-order valence-corrected chi connectivity index (χ1v) is 4.18. The summed E-state index contributed by atoms with van der Waals surface area (Å²) < 4.78 is 9.31. The number of furan rings is 1. The Morgan fingerprint density at radius 1 is 1.67 bits per heavy atom. The van der Waals surface area contributed by atoms with Crippen molar-refractivity contribution < 1.29 is 19.1 Å². The van der Waals surface area contributed by atoms with Gasteiger partial charge in [-0.1, -0.05) is 0 Å². The van der Waals surface area contributed by atoms with Gasteiger partial charge >= 0.3 is 5.97 Å². The number of carbonyl (C=O) groups excluding carboxylic acids is 1. The van der Waals surface area contributed by atoms with E-state index in [1.54, 1.807) is 6.92 Å². The minimum absolute atomic E-state index is 0.0161. The topological polar surface area (TPSA) is 89.1 Å². The molecular formula is C9H9NO5. The molecule has 0 radical (unpaired) electrons. The molecule has 0 bridgehead atoms. The number of ether oxygens (including phenoxy) is 1. The van der Waals surface area contributed by atoms with E-state index >= 15 is 0 Å². The highest BCUT2D eigenvalue weighted by Gasteiger charge is 2.20. The van der Waals surface area contributed by atoms with Gasteiger partial charge in [0.15, 0.2) is 11.5 Å². The number of esters is 1. The van der Waals surface area contributed by atoms with E-state index in [1.165, 1.54) is 18.4 Å². The lowest BCUT2D eigenvalue weighted by Gasteiger charge is -2.01. The highest BCUT2D eigenvalue weighted by molar-refractivity contribution is 5.94. The fraction of sp³-hybridized carbons (Fsp3) is 0.222. The van der Waals surface area contributed by atoms with Crippen LogP contribution in [0.15, 0.2) is 33.7 Å². The van der Waals surface area contributed by atoms with E-state index in [2.05, 4.69) is 9.91 Å². The zero-order valence-electron chi connectivity index (χ0n) is 7.97. The highest BCUT2D eigenvalue weighted by atomic mass is 16.5. The highest BCUT2D eigenvalue weighted by Crippen LogP contribution is 2.18. The largest absolute Gasteiger partial charge is 0.502 e. The van der Waals surface area contributed by atoms with E-state index in [4.69, 9.17) is 4.42 Å². The van der Waals surface area contributed by atoms with Crippen molar-refractivity contribution in [1.82, 2.24) is 0 Å². The van der Waals surface area contributed by atoms with Gasteiger partial charge in [-0.15, -0.1) is 4.91 Å². The van der Waals surface area contributed by atoms with Gasteiger partial charge in [-0.2, -0.15) is 0 Å². The Balaban J connectivity index is 3.03. The maximum atomic E-state index is 11.1. The summed E-state index contributed by atoms with van der Waals surface area (Å²) in [7, 11) is 0. The molecule has 0 saturated heterocycles. The van der Waals surface area contributed by atoms with Crippen molar-refractivity contribution in [2.24, 2.45) is 5.18 Å². The lowest BCUT2D eigenvalue weighted by atomic mass is 10.3. The Labute approximate surface area is 85.1 Å². The lowest BCUT2D eigenvalue weighted by molar-refractivity contribution is -0.138. The molecule has 0 aliphatic rings. The SMILES string of the molecule is CCOC(=O)/C(N=O)=C(\O)c1ccco1. The van der Waals surface area contributed by atoms with Gasteiger partial charge in [0.05, 0.1) is 12.9 Å². The van der Waals surface area contributed by atoms with E-state index in [-0.39, 0.29) is 12.4 Å². The molecule has 1 aromatic rings. The number of aliphatic hydroxyl groups excluding tert-OH is 1. The first kappa shape index (κ1) is 11.0. The van der Waals surface area contributed by atoms with Gasteiger partial charge in [0.25, 0.3) is 0 Å². The normalized spacial score (nSPS) is 11.8. The van der Waals surface area contributed by atoms with Crippen molar-refractivity contribution in [2.75, 3.05) is 6.61 Å². The van der Waals surface area contributed by atoms with Gasteiger partial charge < -0.3 is 14.3 Å². The molecule has 80 valence electrons. The molecule has 1 N–H and O–H groups in total. The molecule has 0 saturated carbocycles. The van der Waals surface area contributed by atoms with Crippen molar-refractivity contribution >= 4 is 11.7 Å². The van der Waals surface area contributed by atoms with Crippen molar-refractivity contribution in [2.45, 2.75) is 6.92 Å². The molecule has 15 heavy (non-hydrogen) atoms. The zero-order valence-corrected chi connectivity index (χ0v) is 7.97. The summed E-state index contributed by atoms with van der Waals surface area (Å²) in [4.78, 5) is 21.5. The van der Waals surface area contributed by atoms with Gasteiger partial charge in [-0.05, 0) is 24.2 Å². The average molecular weight is 211 g/mol. The summed E-state index contributed by atoms with van der Waals surface area (Å²) in [6, 6.07) is 2.89. The second-order valence-corrected chi connectivity index (χ2v) is 2.49. The summed E-state index contributed by atoms with van der Waals surface area (Å²) in [5.41, 5.74) is -0.702. The van der Waals surface area contributed by atoms with Crippen LogP contribution in [0.1, 0.15) is 12.7 Å². The van der Waals surface area contributed by atoms with Crippen LogP contribution in [-0.4, -0.2) is 17.7 Å². The third kappa shape index (κ3) is 2.43. The minimum atomic E-state index is -0.985. The quantitative estimate of drug-likeness (QED) is 0.355. The standard InChI is InChI=1S/C9H9NO5/c1-2-14-9(12)7(10-13)8(11)6-4-3-5-15-6/h3-5,11H,2H2,1H3/b8-7+. The van der Waals surface area contributed by atoms with Crippen LogP contribution in [0.2, 0.25) is 0 Å². The summed E-state index contributed by atoms with van der Waals surface area (Å²) in [5, 5.41) is 11.9. The molecule has 1 rings (SSSR count). The number of carbonyl (C=O) groups is 1. The Hall–Kier alpha value is -2.11. The van der Waals surface area contributed by atoms with Crippen LogP contribution in [-0.2, 0) is 9.53 Å². The van der Waals surface area contributed by atoms with E-state index in [9.17, 15) is 14.8 Å². The second kappa shape index (κ2) is 4.94. The molecule has 0 aliphatic carbocycles. The molecule has 0 unspecified atom stereocenters. The minimum Gasteiger partial charge on any atom is -0.502 e. The molecule has 0 aromatic carbocycles. The first-order chi connectivity index (χ1) is 7.20. The molecule has 6 heteroatoms. The van der Waals surface area contributed by atoms with Crippen LogP contribution in [0, 0.1) is 4.91 Å². The number of nitrogens with zero attached hydrogens (tertiary/aromatic N) is 1. The summed E-state index contributed by atoms with van der Waals surface area (Å²) in [6.45, 7) is 1.66. The third-order valence-electron chi connectivity index (χ3n) is 1.54. The molecule has 6 nitrogen and oxygen atoms in total. The van der Waals surface area contributed by atoms with Gasteiger partial charge in [0.1, 0.15) is 0 Å². The van der Waals surface area contributed by atoms with Crippen LogP contribution in [0.5, 0.6) is 0 Å². The van der Waals surface area contributed by atoms with Gasteiger partial charge in [-0.3, -0.25) is 0 Å². The fourth-order valence-corrected chi connectivity index (χ4v) is 0.907. The molecule has 0 aliphatic heterocycles. The van der Waals surface area contributed by atoms with E-state index in [0.717, 1.165) is 0 Å². The molecule has 1 heterocycles. The molecule has 0 spiro atoms. The Morgan fingerprint density at radius 2 is 2.40 bits per heavy atom. The van der Waals surface area contributed by atoms with Crippen molar-refractivity contribution in [1.29, 1.82) is 0 Å². The maximum Gasteiger partial charge on any atom is 0.364 e. The van der Waals surface area contributed by atoms with Crippen molar-refractivity contribution in [3.63, 3.8) is 0 Å². The third-order valence-corrected chi connectivity index (χ3v) is 1.54. The Morgan fingerprint density at radius 3 is 2.87 bits per heavy atom. The Bertz CT molecular complexity index is 379. The fourth-order valence-electron chi connectivity index (χ4n) is 0.907. The predicted octanol–water partition coefficient (Wildman–Crippen LogP) is 1.84. The second-order valence-electron chi connectivity index (χ2n) is 2.49. The molecular weight excluding hydrogens is 202 g/mol. The number of rotatable bonds is 4. The summed E-state index contributed by atoms with van der Waals surface area (Å²) in [5.74, 6) is -1.63. The smallest absolute Gasteiger partial charge is 0.364 e. The van der Waals surface area contributed by atoms with Crippen LogP contribution >= 0.6 is 0 Å². The molecule has 1 aromatic heterocycles. The number of nitroso groups, excluding NO2 is 1. The maximum absolute atomic E-state index is 11.1. The number of aliphatic hydroxyl groups is 1. The predicted molar refractivity (Wildman–Crippen MR) is 50.7 cm³/mol. The zero-order chi connectivity index (χ0) is 11.3. The van der Waals surface area contributed by atoms with Crippen molar-refractivity contribution in [3.8, 4) is 0 Å². The summed E-state index contributed by atoms with van der Waals surface area (Å²) in [6.07, 6.45) is 1.29. The lowest BCUT2D eigenvalue weighted by Crippen LogP contribution is -2.07. The Kier molecular flexibility index (Phi) is 3.61. The van der Waals surface area contributed by atoms with Crippen LogP contribution < -0.4 is 0 Å². The van der Waals surface area contributed by atoms with E-state index < -0.39 is 17.4 Å². The van der Waals surface area contributed by atoms with E-state index in [0.29, 0.717) is 0 Å². The van der Waals surface area contributed by atoms with Gasteiger partial charge in [-0.25, -0.2) is 4.79 Å². The molecule has 0 fully saturated rings. The van der Waals surface area contributed by atoms with Crippen molar-refractivity contribution in [3.05, 3.63) is 34.8 Å². The van der Waals surface area contributed by atoms with Crippen LogP contribution in [0.4, 0.5) is 0 Å². The number of hydrogen-bond donors (Lipinski definition) is 1. The monoisotopic (exact) mass is 211 g/mol. The average Bonchev–Trinajstić information content (AvgIpc) is 2.71. The van der Waals surface area contributed by atoms with Gasteiger partial charge in [0, 0.05) is 0 Å². The van der Waals surface area contributed by atoms with Gasteiger partial charge in [0.2, 0.25) is 5.70 Å². The van der Waals surface area contributed by atoms with Crippen LogP contribution in [0.25, 0.3) is 5.76 Å². The van der Waals surface area contributed by atoms with Crippen LogP contribution in [0.3, 0.4) is 0 Å².